The molecule has 10 heteroatoms. The van der Waals surface area contributed by atoms with Crippen LogP contribution in [0.5, 0.6) is 5.75 Å². The number of benzene rings is 2. The third-order valence-corrected chi connectivity index (χ3v) is 5.64. The van der Waals surface area contributed by atoms with Crippen molar-refractivity contribution >= 4 is 29.5 Å². The number of nitrogens with one attached hydrogen (secondary N) is 2. The molecule has 4 N–H and O–H groups in total. The number of nitrogens with two attached hydrogens (primary N) is 1. The molecular weight excluding hydrogens is 488 g/mol. The monoisotopic (exact) mass is 526 g/mol. The van der Waals surface area contributed by atoms with Crippen LogP contribution in [0.4, 0.5) is 10.5 Å². The molecule has 10 nitrogen and oxygen atoms in total. The number of carbonyl (C=O) groups is 4. The number of hydrogen-bond acceptors (Lipinski definition) is 6. The lowest BCUT2D eigenvalue weighted by molar-refractivity contribution is -0.141. The normalized spacial score (nSPS) is 12.6. The van der Waals surface area contributed by atoms with Gasteiger partial charge in [-0.2, -0.15) is 0 Å². The van der Waals surface area contributed by atoms with Crippen molar-refractivity contribution in [2.45, 2.75) is 65.1 Å². The van der Waals surface area contributed by atoms with Gasteiger partial charge in [0.25, 0.3) is 5.91 Å². The van der Waals surface area contributed by atoms with Crippen LogP contribution in [0.1, 0.15) is 58.2 Å². The second-order valence-electron chi connectivity index (χ2n) is 9.71. The molecular formula is C28H38N4O6. The van der Waals surface area contributed by atoms with Crippen LogP contribution in [0.3, 0.4) is 0 Å². The number of carbonyl (C=O) groups excluding carboxylic acids is 4. The highest BCUT2D eigenvalue weighted by atomic mass is 16.6. The number of ether oxygens (including phenoxy) is 2. The van der Waals surface area contributed by atoms with Crippen LogP contribution in [0.15, 0.2) is 48.5 Å². The van der Waals surface area contributed by atoms with Gasteiger partial charge in [0.2, 0.25) is 11.8 Å². The van der Waals surface area contributed by atoms with E-state index >= 15 is 0 Å². The number of anilines is 1. The molecule has 2 unspecified atom stereocenters. The van der Waals surface area contributed by atoms with Crippen molar-refractivity contribution in [1.82, 2.24) is 10.2 Å². The highest BCUT2D eigenvalue weighted by Crippen LogP contribution is 2.26. The van der Waals surface area contributed by atoms with Gasteiger partial charge in [-0.3, -0.25) is 14.4 Å². The Morgan fingerprint density at radius 3 is 2.05 bits per heavy atom. The zero-order chi connectivity index (χ0) is 28.5. The Bertz CT molecular complexity index is 1110. The summed E-state index contributed by atoms with van der Waals surface area (Å²) in [6.45, 7) is 8.86. The van der Waals surface area contributed by atoms with Crippen molar-refractivity contribution in [3.8, 4) is 5.75 Å². The number of amides is 4. The maximum absolute atomic E-state index is 13.7. The topological polar surface area (TPSA) is 140 Å². The van der Waals surface area contributed by atoms with E-state index in [4.69, 9.17) is 15.2 Å². The lowest BCUT2D eigenvalue weighted by Crippen LogP contribution is -2.53. The van der Waals surface area contributed by atoms with Crippen molar-refractivity contribution in [3.05, 3.63) is 59.7 Å². The van der Waals surface area contributed by atoms with E-state index in [2.05, 4.69) is 10.6 Å². The van der Waals surface area contributed by atoms with Gasteiger partial charge in [0.15, 0.2) is 0 Å². The molecule has 4 amide bonds. The summed E-state index contributed by atoms with van der Waals surface area (Å²) in [4.78, 5) is 52.9. The molecule has 0 heterocycles. The third kappa shape index (κ3) is 8.79. The van der Waals surface area contributed by atoms with Crippen molar-refractivity contribution in [2.24, 2.45) is 5.73 Å². The SMILES string of the molecule is CCc1ccc(C(C(=O)Nc2ccc(OC)cc2)N(CC)C(=O)C(CC(N)=O)NC(=O)OC(C)(C)C)cc1. The van der Waals surface area contributed by atoms with Gasteiger partial charge in [0.1, 0.15) is 23.4 Å². The fraction of sp³-hybridized carbons (Fsp3) is 0.429. The summed E-state index contributed by atoms with van der Waals surface area (Å²) < 4.78 is 10.4. The molecule has 0 saturated heterocycles. The van der Waals surface area contributed by atoms with E-state index in [1.165, 1.54) is 4.90 Å². The highest BCUT2D eigenvalue weighted by molar-refractivity contribution is 5.99. The molecule has 206 valence electrons. The van der Waals surface area contributed by atoms with Crippen LogP contribution in [0.2, 0.25) is 0 Å². The number of methoxy groups -OCH3 is 1. The van der Waals surface area contributed by atoms with E-state index in [0.717, 1.165) is 12.0 Å². The molecule has 2 aromatic carbocycles. The molecule has 0 bridgehead atoms. The van der Waals surface area contributed by atoms with Crippen molar-refractivity contribution in [1.29, 1.82) is 0 Å². The minimum absolute atomic E-state index is 0.111. The van der Waals surface area contributed by atoms with Gasteiger partial charge < -0.3 is 30.7 Å². The molecule has 0 spiro atoms. The molecule has 2 rings (SSSR count). The number of hydrogen-bond donors (Lipinski definition) is 3. The lowest BCUT2D eigenvalue weighted by Gasteiger charge is -2.33. The number of primary amides is 1. The fourth-order valence-electron chi connectivity index (χ4n) is 3.81. The third-order valence-electron chi connectivity index (χ3n) is 5.64. The minimum atomic E-state index is -1.33. The first-order valence-electron chi connectivity index (χ1n) is 12.5. The summed E-state index contributed by atoms with van der Waals surface area (Å²) in [6.07, 6.45) is -0.532. The number of nitrogens with zero attached hydrogens (tertiary/aromatic N) is 1. The zero-order valence-corrected chi connectivity index (χ0v) is 22.9. The fourth-order valence-corrected chi connectivity index (χ4v) is 3.81. The van der Waals surface area contributed by atoms with Crippen LogP contribution in [-0.4, -0.2) is 54.0 Å². The summed E-state index contributed by atoms with van der Waals surface area (Å²) in [7, 11) is 1.54. The Kier molecular flexibility index (Phi) is 10.7. The summed E-state index contributed by atoms with van der Waals surface area (Å²) in [5.41, 5.74) is 6.71. The van der Waals surface area contributed by atoms with Crippen LogP contribution in [0, 0.1) is 0 Å². The summed E-state index contributed by atoms with van der Waals surface area (Å²) in [6, 6.07) is 11.8. The molecule has 38 heavy (non-hydrogen) atoms. The molecule has 2 atom stereocenters. The number of likely N-dealkylation sites (N-methyl/N-ethyl adjacent to an activating group) is 1. The Labute approximate surface area is 223 Å². The summed E-state index contributed by atoms with van der Waals surface area (Å²) in [5, 5.41) is 5.30. The second-order valence-corrected chi connectivity index (χ2v) is 9.71. The van der Waals surface area contributed by atoms with E-state index in [-0.39, 0.29) is 6.54 Å². The van der Waals surface area contributed by atoms with Gasteiger partial charge >= 0.3 is 6.09 Å². The molecule has 0 fully saturated rings. The molecule has 0 aromatic heterocycles. The Morgan fingerprint density at radius 2 is 1.58 bits per heavy atom. The van der Waals surface area contributed by atoms with Gasteiger partial charge in [-0.1, -0.05) is 31.2 Å². The minimum Gasteiger partial charge on any atom is -0.497 e. The van der Waals surface area contributed by atoms with Crippen molar-refractivity contribution in [3.63, 3.8) is 0 Å². The first-order chi connectivity index (χ1) is 17.9. The van der Waals surface area contributed by atoms with Crippen LogP contribution in [0.25, 0.3) is 0 Å². The Balaban J connectivity index is 2.45. The van der Waals surface area contributed by atoms with Gasteiger partial charge in [0, 0.05) is 12.2 Å². The van der Waals surface area contributed by atoms with Crippen molar-refractivity contribution in [2.75, 3.05) is 19.0 Å². The molecule has 0 aliphatic heterocycles. The first kappa shape index (κ1) is 30.1. The van der Waals surface area contributed by atoms with E-state index < -0.39 is 47.9 Å². The second kappa shape index (κ2) is 13.5. The van der Waals surface area contributed by atoms with E-state index in [1.54, 1.807) is 71.2 Å². The van der Waals surface area contributed by atoms with Crippen LogP contribution < -0.4 is 21.1 Å². The van der Waals surface area contributed by atoms with Crippen LogP contribution >= 0.6 is 0 Å². The van der Waals surface area contributed by atoms with Crippen molar-refractivity contribution < 1.29 is 28.7 Å². The smallest absolute Gasteiger partial charge is 0.408 e. The lowest BCUT2D eigenvalue weighted by atomic mass is 10.00. The Hall–Kier alpha value is -4.08. The van der Waals surface area contributed by atoms with Gasteiger partial charge in [-0.15, -0.1) is 0 Å². The first-order valence-corrected chi connectivity index (χ1v) is 12.5. The van der Waals surface area contributed by atoms with Gasteiger partial charge in [-0.25, -0.2) is 4.79 Å². The number of alkyl carbamates (subject to hydrolysis) is 1. The van der Waals surface area contributed by atoms with Gasteiger partial charge in [0.05, 0.1) is 13.5 Å². The molecule has 0 aliphatic carbocycles. The van der Waals surface area contributed by atoms with Gasteiger partial charge in [-0.05, 0) is 69.5 Å². The van der Waals surface area contributed by atoms with E-state index in [0.29, 0.717) is 17.0 Å². The zero-order valence-electron chi connectivity index (χ0n) is 22.9. The van der Waals surface area contributed by atoms with E-state index in [9.17, 15) is 19.2 Å². The summed E-state index contributed by atoms with van der Waals surface area (Å²) >= 11 is 0. The molecule has 0 saturated carbocycles. The maximum Gasteiger partial charge on any atom is 0.408 e. The number of aryl methyl sites for hydroxylation is 1. The largest absolute Gasteiger partial charge is 0.497 e. The Morgan fingerprint density at radius 1 is 0.974 bits per heavy atom. The maximum atomic E-state index is 13.7. The average Bonchev–Trinajstić information content (AvgIpc) is 2.85. The predicted molar refractivity (Wildman–Crippen MR) is 145 cm³/mol. The molecule has 0 radical (unpaired) electrons. The van der Waals surface area contributed by atoms with E-state index in [1.807, 2.05) is 19.1 Å². The molecule has 0 aliphatic rings. The van der Waals surface area contributed by atoms with Crippen LogP contribution in [-0.2, 0) is 25.5 Å². The summed E-state index contributed by atoms with van der Waals surface area (Å²) in [5.74, 6) is -1.28. The standard InChI is InChI=1S/C28H38N4O6/c1-7-18-9-11-19(12-10-18)24(25(34)30-20-13-15-21(37-6)16-14-20)32(8-2)26(35)22(17-23(29)33)31-27(36)38-28(3,4)5/h9-16,22,24H,7-8,17H2,1-6H3,(H2,29,33)(H,30,34)(H,31,36). The molecule has 2 aromatic rings. The highest BCUT2D eigenvalue weighted by Gasteiger charge is 2.36. The predicted octanol–water partition coefficient (Wildman–Crippen LogP) is 3.55. The average molecular weight is 527 g/mol. The number of rotatable bonds is 11. The quantitative estimate of drug-likeness (QED) is 0.409.